The molecule has 0 aliphatic heterocycles. The van der Waals surface area contributed by atoms with Crippen LogP contribution in [0, 0.1) is 12.3 Å². The van der Waals surface area contributed by atoms with Crippen LogP contribution in [-0.2, 0) is 16.8 Å². The van der Waals surface area contributed by atoms with Gasteiger partial charge in [-0.25, -0.2) is 0 Å². The minimum absolute atomic E-state index is 0.0319. The van der Waals surface area contributed by atoms with E-state index in [0.717, 1.165) is 17.0 Å². The van der Waals surface area contributed by atoms with Gasteiger partial charge in [0.15, 0.2) is 0 Å². The zero-order valence-corrected chi connectivity index (χ0v) is 14.3. The summed E-state index contributed by atoms with van der Waals surface area (Å²) in [4.78, 5) is 17.1. The van der Waals surface area contributed by atoms with Crippen molar-refractivity contribution in [2.45, 2.75) is 39.2 Å². The molecule has 1 amide bonds. The Morgan fingerprint density at radius 3 is 2.67 bits per heavy atom. The van der Waals surface area contributed by atoms with Crippen LogP contribution in [0.25, 0.3) is 0 Å². The molecule has 0 radical (unpaired) electrons. The maximum Gasteiger partial charge on any atom is 0.234 e. The molecule has 1 aliphatic rings. The molecular formula is C15H19N3OS2. The van der Waals surface area contributed by atoms with Crippen molar-refractivity contribution in [3.8, 4) is 0 Å². The molecule has 0 bridgehead atoms. The van der Waals surface area contributed by atoms with Crippen molar-refractivity contribution in [3.63, 3.8) is 0 Å². The van der Waals surface area contributed by atoms with Crippen LogP contribution < -0.4 is 0 Å². The Kier molecular flexibility index (Phi) is 3.41. The van der Waals surface area contributed by atoms with Crippen LogP contribution in [0.4, 0.5) is 0 Å². The Labute approximate surface area is 133 Å². The minimum atomic E-state index is -0.345. The number of carbonyl (C=O) groups excluding carboxylic acids is 1. The van der Waals surface area contributed by atoms with Gasteiger partial charge in [-0.1, -0.05) is 24.4 Å². The highest BCUT2D eigenvalue weighted by Gasteiger charge is 2.68. The largest absolute Gasteiger partial charge is 0.340 e. The highest BCUT2D eigenvalue weighted by Crippen LogP contribution is 2.66. The van der Waals surface area contributed by atoms with Gasteiger partial charge in [0.1, 0.15) is 0 Å². The second-order valence-corrected chi connectivity index (χ2v) is 8.17. The van der Waals surface area contributed by atoms with Gasteiger partial charge in [-0.3, -0.25) is 4.79 Å². The van der Waals surface area contributed by atoms with Gasteiger partial charge in [-0.2, -0.15) is 0 Å². The third-order valence-electron chi connectivity index (χ3n) is 4.52. The third-order valence-corrected chi connectivity index (χ3v) is 6.36. The summed E-state index contributed by atoms with van der Waals surface area (Å²) in [5, 5.41) is 6.07. The van der Waals surface area contributed by atoms with Gasteiger partial charge in [0.05, 0.1) is 22.5 Å². The third kappa shape index (κ3) is 2.21. The van der Waals surface area contributed by atoms with Crippen LogP contribution in [0.1, 0.15) is 35.7 Å². The van der Waals surface area contributed by atoms with Gasteiger partial charge in [-0.05, 0) is 41.7 Å². The zero-order valence-electron chi connectivity index (χ0n) is 12.7. The number of likely N-dealkylation sites (N-methyl/N-ethyl adjacent to an activating group) is 1. The van der Waals surface area contributed by atoms with Crippen LogP contribution in [0.15, 0.2) is 17.5 Å². The molecule has 1 fully saturated rings. The van der Waals surface area contributed by atoms with E-state index in [-0.39, 0.29) is 16.7 Å². The van der Waals surface area contributed by atoms with Gasteiger partial charge >= 0.3 is 0 Å². The van der Waals surface area contributed by atoms with Crippen LogP contribution in [0.3, 0.4) is 0 Å². The number of thiophene rings is 1. The van der Waals surface area contributed by atoms with E-state index in [2.05, 4.69) is 34.9 Å². The molecule has 0 N–H and O–H groups in total. The van der Waals surface area contributed by atoms with E-state index in [4.69, 9.17) is 0 Å². The molecule has 3 rings (SSSR count). The summed E-state index contributed by atoms with van der Waals surface area (Å²) in [6.07, 6.45) is 0.920. The quantitative estimate of drug-likeness (QED) is 0.868. The molecule has 2 aromatic rings. The first-order valence-electron chi connectivity index (χ1n) is 6.96. The van der Waals surface area contributed by atoms with Crippen molar-refractivity contribution >= 4 is 28.8 Å². The molecule has 0 saturated heterocycles. The monoisotopic (exact) mass is 321 g/mol. The molecule has 0 aromatic carbocycles. The standard InChI is InChI=1S/C15H19N3OS2/c1-10-11(21-17-16-10)8-18(4)13(19)15(9-14(15,2)3)12-6-5-7-20-12/h5-7H,8-9H2,1-4H3. The topological polar surface area (TPSA) is 46.1 Å². The Bertz CT molecular complexity index is 662. The number of aromatic nitrogens is 2. The van der Waals surface area contributed by atoms with Crippen molar-refractivity contribution in [2.24, 2.45) is 5.41 Å². The van der Waals surface area contributed by atoms with E-state index in [1.54, 1.807) is 11.3 Å². The fraction of sp³-hybridized carbons (Fsp3) is 0.533. The van der Waals surface area contributed by atoms with E-state index in [1.807, 2.05) is 24.9 Å². The van der Waals surface area contributed by atoms with Gasteiger partial charge in [0.2, 0.25) is 5.91 Å². The Morgan fingerprint density at radius 1 is 1.48 bits per heavy atom. The summed E-state index contributed by atoms with van der Waals surface area (Å²) >= 11 is 3.05. The highest BCUT2D eigenvalue weighted by atomic mass is 32.1. The number of hydrogen-bond donors (Lipinski definition) is 0. The summed E-state index contributed by atoms with van der Waals surface area (Å²) in [5.41, 5.74) is 0.603. The fourth-order valence-corrected chi connectivity index (χ4v) is 4.82. The number of amides is 1. The number of carbonyl (C=O) groups is 1. The molecule has 112 valence electrons. The number of nitrogens with zero attached hydrogens (tertiary/aromatic N) is 3. The van der Waals surface area contributed by atoms with Crippen molar-refractivity contribution in [1.29, 1.82) is 0 Å². The maximum absolute atomic E-state index is 13.1. The van der Waals surface area contributed by atoms with E-state index >= 15 is 0 Å². The molecular weight excluding hydrogens is 302 g/mol. The first kappa shape index (κ1) is 14.7. The molecule has 1 aliphatic carbocycles. The van der Waals surface area contributed by atoms with Crippen LogP contribution >= 0.6 is 22.9 Å². The van der Waals surface area contributed by atoms with Crippen LogP contribution in [-0.4, -0.2) is 27.4 Å². The van der Waals surface area contributed by atoms with Crippen LogP contribution in [0.2, 0.25) is 0 Å². The first-order valence-corrected chi connectivity index (χ1v) is 8.61. The van der Waals surface area contributed by atoms with Gasteiger partial charge < -0.3 is 4.90 Å². The van der Waals surface area contributed by atoms with Crippen molar-refractivity contribution in [3.05, 3.63) is 33.0 Å². The lowest BCUT2D eigenvalue weighted by molar-refractivity contribution is -0.134. The molecule has 1 saturated carbocycles. The lowest BCUT2D eigenvalue weighted by Crippen LogP contribution is -2.38. The Balaban J connectivity index is 1.85. The second kappa shape index (κ2) is 4.88. The Morgan fingerprint density at radius 2 is 2.19 bits per heavy atom. The van der Waals surface area contributed by atoms with Gasteiger partial charge in [0, 0.05) is 11.9 Å². The van der Waals surface area contributed by atoms with Crippen molar-refractivity contribution < 1.29 is 4.79 Å². The molecule has 1 unspecified atom stereocenters. The van der Waals surface area contributed by atoms with Crippen molar-refractivity contribution in [1.82, 2.24) is 14.5 Å². The molecule has 2 aromatic heterocycles. The van der Waals surface area contributed by atoms with E-state index < -0.39 is 0 Å². The lowest BCUT2D eigenvalue weighted by atomic mass is 9.92. The van der Waals surface area contributed by atoms with E-state index in [9.17, 15) is 4.79 Å². The predicted octanol–water partition coefficient (Wildman–Crippen LogP) is 3.23. The minimum Gasteiger partial charge on any atom is -0.340 e. The summed E-state index contributed by atoms with van der Waals surface area (Å²) < 4.78 is 3.95. The smallest absolute Gasteiger partial charge is 0.234 e. The average molecular weight is 321 g/mol. The SMILES string of the molecule is Cc1nnsc1CN(C)C(=O)C1(c2cccs2)CC1(C)C. The average Bonchev–Trinajstić information content (AvgIpc) is 2.87. The number of aryl methyl sites for hydroxylation is 1. The first-order chi connectivity index (χ1) is 9.88. The summed E-state index contributed by atoms with van der Waals surface area (Å²) in [7, 11) is 1.88. The summed E-state index contributed by atoms with van der Waals surface area (Å²) in [6, 6.07) is 4.12. The predicted molar refractivity (Wildman–Crippen MR) is 85.5 cm³/mol. The number of hydrogen-bond acceptors (Lipinski definition) is 5. The molecule has 1 atom stereocenters. The molecule has 2 heterocycles. The second-order valence-electron chi connectivity index (χ2n) is 6.39. The lowest BCUT2D eigenvalue weighted by Gasteiger charge is -2.25. The molecule has 6 heteroatoms. The Hall–Kier alpha value is -1.27. The summed E-state index contributed by atoms with van der Waals surface area (Å²) in [6.45, 7) is 6.88. The highest BCUT2D eigenvalue weighted by molar-refractivity contribution is 7.10. The maximum atomic E-state index is 13.1. The van der Waals surface area contributed by atoms with E-state index in [1.165, 1.54) is 16.4 Å². The van der Waals surface area contributed by atoms with Crippen LogP contribution in [0.5, 0.6) is 0 Å². The molecule has 4 nitrogen and oxygen atoms in total. The fourth-order valence-electron chi connectivity index (χ4n) is 3.04. The van der Waals surface area contributed by atoms with Crippen molar-refractivity contribution in [2.75, 3.05) is 7.05 Å². The zero-order chi connectivity index (χ0) is 15.3. The molecule has 0 spiro atoms. The molecule has 21 heavy (non-hydrogen) atoms. The van der Waals surface area contributed by atoms with Gasteiger partial charge in [0.25, 0.3) is 0 Å². The summed E-state index contributed by atoms with van der Waals surface area (Å²) in [5.74, 6) is 0.211. The van der Waals surface area contributed by atoms with E-state index in [0.29, 0.717) is 6.54 Å². The normalized spacial score (nSPS) is 23.0. The number of rotatable bonds is 4. The van der Waals surface area contributed by atoms with Gasteiger partial charge in [-0.15, -0.1) is 16.4 Å².